The fourth-order valence-corrected chi connectivity index (χ4v) is 4.41. The summed E-state index contributed by atoms with van der Waals surface area (Å²) in [5.41, 5.74) is 4.10. The van der Waals surface area contributed by atoms with E-state index in [1.165, 1.54) is 17.3 Å². The first-order valence-corrected chi connectivity index (χ1v) is 11.7. The number of benzene rings is 2. The Morgan fingerprint density at radius 3 is 2.56 bits per heavy atom. The first kappa shape index (κ1) is 20.5. The van der Waals surface area contributed by atoms with Gasteiger partial charge in [0.05, 0.1) is 18.0 Å². The van der Waals surface area contributed by atoms with E-state index in [0.29, 0.717) is 24.9 Å². The van der Waals surface area contributed by atoms with Gasteiger partial charge in [0.2, 0.25) is 5.91 Å². The Morgan fingerprint density at radius 1 is 1.06 bits per heavy atom. The van der Waals surface area contributed by atoms with E-state index >= 15 is 0 Å². The van der Waals surface area contributed by atoms with Crippen molar-refractivity contribution < 1.29 is 4.79 Å². The molecule has 0 unspecified atom stereocenters. The van der Waals surface area contributed by atoms with Crippen LogP contribution in [0.15, 0.2) is 78.3 Å². The Kier molecular flexibility index (Phi) is 6.02. The number of hydrogen-bond donors (Lipinski definition) is 1. The molecule has 2 aromatic heterocycles. The van der Waals surface area contributed by atoms with Crippen LogP contribution in [0.2, 0.25) is 0 Å². The van der Waals surface area contributed by atoms with Crippen LogP contribution in [0.25, 0.3) is 11.3 Å². The van der Waals surface area contributed by atoms with E-state index in [9.17, 15) is 4.79 Å². The summed E-state index contributed by atoms with van der Waals surface area (Å²) < 4.78 is 4.01. The second kappa shape index (κ2) is 9.40. The van der Waals surface area contributed by atoms with Crippen molar-refractivity contribution >= 4 is 17.7 Å². The predicted octanol–water partition coefficient (Wildman–Crippen LogP) is 3.93. The van der Waals surface area contributed by atoms with Crippen molar-refractivity contribution in [2.75, 3.05) is 5.75 Å². The van der Waals surface area contributed by atoms with E-state index in [1.807, 2.05) is 59.4 Å². The summed E-state index contributed by atoms with van der Waals surface area (Å²) in [6, 6.07) is 20.8. The van der Waals surface area contributed by atoms with Crippen LogP contribution in [-0.2, 0) is 17.9 Å². The Labute approximate surface area is 190 Å². The highest BCUT2D eigenvalue weighted by atomic mass is 32.2. The molecule has 0 spiro atoms. The fourth-order valence-electron chi connectivity index (χ4n) is 3.60. The standard InChI is InChI=1S/C24H24N6OS/c31-22(16-32-24-27-26-17-30(24)21-11-12-21)25-13-20-15-29(14-18-7-3-1-4-8-18)28-23(20)19-9-5-2-6-10-19/h1-10,15,17,21H,11-14,16H2,(H,25,31). The zero-order valence-electron chi connectivity index (χ0n) is 17.6. The summed E-state index contributed by atoms with van der Waals surface area (Å²) in [7, 11) is 0. The summed E-state index contributed by atoms with van der Waals surface area (Å²) in [6.07, 6.45) is 6.09. The van der Waals surface area contributed by atoms with Gasteiger partial charge in [-0.2, -0.15) is 5.10 Å². The van der Waals surface area contributed by atoms with Crippen molar-refractivity contribution in [3.63, 3.8) is 0 Å². The summed E-state index contributed by atoms with van der Waals surface area (Å²) in [6.45, 7) is 1.11. The molecule has 2 heterocycles. The smallest absolute Gasteiger partial charge is 0.230 e. The van der Waals surface area contributed by atoms with Gasteiger partial charge >= 0.3 is 0 Å². The molecule has 32 heavy (non-hydrogen) atoms. The molecule has 1 aliphatic carbocycles. The highest BCUT2D eigenvalue weighted by molar-refractivity contribution is 7.99. The van der Waals surface area contributed by atoms with Gasteiger partial charge in [0.25, 0.3) is 0 Å². The van der Waals surface area contributed by atoms with Crippen LogP contribution in [-0.4, -0.2) is 36.2 Å². The van der Waals surface area contributed by atoms with Crippen LogP contribution < -0.4 is 5.32 Å². The van der Waals surface area contributed by atoms with Crippen LogP contribution in [0, 0.1) is 0 Å². The lowest BCUT2D eigenvalue weighted by atomic mass is 10.1. The largest absolute Gasteiger partial charge is 0.351 e. The number of carbonyl (C=O) groups excluding carboxylic acids is 1. The molecule has 2 aromatic carbocycles. The summed E-state index contributed by atoms with van der Waals surface area (Å²) in [4.78, 5) is 12.5. The second-order valence-corrected chi connectivity index (χ2v) is 8.81. The minimum atomic E-state index is -0.0323. The van der Waals surface area contributed by atoms with E-state index in [0.717, 1.165) is 34.8 Å². The van der Waals surface area contributed by atoms with Gasteiger partial charge in [-0.15, -0.1) is 10.2 Å². The van der Waals surface area contributed by atoms with E-state index in [2.05, 4.69) is 32.2 Å². The number of aromatic nitrogens is 5. The second-order valence-electron chi connectivity index (χ2n) is 7.87. The van der Waals surface area contributed by atoms with Crippen molar-refractivity contribution in [2.45, 2.75) is 37.1 Å². The average molecular weight is 445 g/mol. The number of carbonyl (C=O) groups is 1. The molecule has 1 aliphatic rings. The molecule has 1 fully saturated rings. The minimum absolute atomic E-state index is 0.0323. The van der Waals surface area contributed by atoms with Crippen molar-refractivity contribution in [1.82, 2.24) is 29.9 Å². The van der Waals surface area contributed by atoms with Gasteiger partial charge in [0, 0.05) is 29.9 Å². The Bertz CT molecular complexity index is 1180. The zero-order valence-corrected chi connectivity index (χ0v) is 18.4. The number of nitrogens with zero attached hydrogens (tertiary/aromatic N) is 5. The van der Waals surface area contributed by atoms with E-state index < -0.39 is 0 Å². The number of nitrogens with one attached hydrogen (secondary N) is 1. The van der Waals surface area contributed by atoms with Crippen LogP contribution in [0.1, 0.15) is 30.0 Å². The molecule has 0 aliphatic heterocycles. The molecule has 0 saturated heterocycles. The number of amides is 1. The quantitative estimate of drug-likeness (QED) is 0.396. The summed E-state index contributed by atoms with van der Waals surface area (Å²) in [5.74, 6) is 0.278. The topological polar surface area (TPSA) is 77.6 Å². The number of thioether (sulfide) groups is 1. The first-order chi connectivity index (χ1) is 15.8. The van der Waals surface area contributed by atoms with Crippen molar-refractivity contribution in [3.8, 4) is 11.3 Å². The van der Waals surface area contributed by atoms with Gasteiger partial charge in [-0.05, 0) is 18.4 Å². The summed E-state index contributed by atoms with van der Waals surface area (Å²) >= 11 is 1.43. The van der Waals surface area contributed by atoms with Gasteiger partial charge in [-0.25, -0.2) is 0 Å². The highest BCUT2D eigenvalue weighted by Gasteiger charge is 2.26. The molecule has 0 radical (unpaired) electrons. The molecular formula is C24H24N6OS. The van der Waals surface area contributed by atoms with Crippen LogP contribution >= 0.6 is 11.8 Å². The lowest BCUT2D eigenvalue weighted by molar-refractivity contribution is -0.118. The monoisotopic (exact) mass is 444 g/mol. The molecule has 7 nitrogen and oxygen atoms in total. The third-order valence-electron chi connectivity index (χ3n) is 5.36. The van der Waals surface area contributed by atoms with Gasteiger partial charge in [-0.1, -0.05) is 72.4 Å². The minimum Gasteiger partial charge on any atom is -0.351 e. The first-order valence-electron chi connectivity index (χ1n) is 10.7. The molecule has 1 amide bonds. The lowest BCUT2D eigenvalue weighted by Crippen LogP contribution is -2.24. The van der Waals surface area contributed by atoms with E-state index in [4.69, 9.17) is 5.10 Å². The maximum atomic E-state index is 12.5. The van der Waals surface area contributed by atoms with Crippen molar-refractivity contribution in [2.24, 2.45) is 0 Å². The van der Waals surface area contributed by atoms with Gasteiger partial charge in [0.15, 0.2) is 5.16 Å². The van der Waals surface area contributed by atoms with Gasteiger partial charge in [-0.3, -0.25) is 9.48 Å². The maximum absolute atomic E-state index is 12.5. The van der Waals surface area contributed by atoms with Crippen molar-refractivity contribution in [3.05, 3.63) is 84.3 Å². The molecule has 1 N–H and O–H groups in total. The molecule has 4 aromatic rings. The third kappa shape index (κ3) is 4.91. The molecule has 5 rings (SSSR count). The SMILES string of the molecule is O=C(CSc1nncn1C1CC1)NCc1cn(Cc2ccccc2)nc1-c1ccccc1. The number of rotatable bonds is 9. The number of hydrogen-bond acceptors (Lipinski definition) is 5. The molecule has 0 atom stereocenters. The fraction of sp³-hybridized carbons (Fsp3) is 0.250. The maximum Gasteiger partial charge on any atom is 0.230 e. The molecular weight excluding hydrogens is 420 g/mol. The highest BCUT2D eigenvalue weighted by Crippen LogP contribution is 2.37. The summed E-state index contributed by atoms with van der Waals surface area (Å²) in [5, 5.41) is 16.8. The predicted molar refractivity (Wildman–Crippen MR) is 124 cm³/mol. The Morgan fingerprint density at radius 2 is 1.81 bits per heavy atom. The normalized spacial score (nSPS) is 13.2. The Balaban J connectivity index is 1.26. The van der Waals surface area contributed by atoms with Crippen molar-refractivity contribution in [1.29, 1.82) is 0 Å². The third-order valence-corrected chi connectivity index (χ3v) is 6.32. The van der Waals surface area contributed by atoms with E-state index in [1.54, 1.807) is 6.33 Å². The zero-order chi connectivity index (χ0) is 21.8. The average Bonchev–Trinajstić information content (AvgIpc) is 3.43. The molecule has 8 heteroatoms. The van der Waals surface area contributed by atoms with Crippen LogP contribution in [0.3, 0.4) is 0 Å². The lowest BCUT2D eigenvalue weighted by Gasteiger charge is -2.06. The van der Waals surface area contributed by atoms with Crippen LogP contribution in [0.5, 0.6) is 0 Å². The molecule has 1 saturated carbocycles. The van der Waals surface area contributed by atoms with Gasteiger partial charge < -0.3 is 9.88 Å². The molecule has 0 bridgehead atoms. The Hall–Kier alpha value is -3.39. The van der Waals surface area contributed by atoms with E-state index in [-0.39, 0.29) is 5.91 Å². The van der Waals surface area contributed by atoms with Gasteiger partial charge in [0.1, 0.15) is 6.33 Å². The van der Waals surface area contributed by atoms with Crippen LogP contribution in [0.4, 0.5) is 0 Å². The molecule has 162 valence electrons.